The Hall–Kier alpha value is -3.35. The van der Waals surface area contributed by atoms with Crippen LogP contribution in [0.5, 0.6) is 5.75 Å². The molecule has 38 heavy (non-hydrogen) atoms. The largest absolute Gasteiger partial charge is 0.417 e. The summed E-state index contributed by atoms with van der Waals surface area (Å²) in [4.78, 5) is 28.1. The summed E-state index contributed by atoms with van der Waals surface area (Å²) < 4.78 is 34.8. The quantitative estimate of drug-likeness (QED) is 0.251. The van der Waals surface area contributed by atoms with Gasteiger partial charge >= 0.3 is 6.09 Å². The van der Waals surface area contributed by atoms with Gasteiger partial charge in [0.25, 0.3) is 5.69 Å². The number of amides is 1. The SMILES string of the molecule is CC(C)(C)NS(=O)(=O)c1cc(NC(=O)Oc2ccc([N+](=O)[O-])cc2)ccc1-c1cnc(C2CCCCC2)s1. The van der Waals surface area contributed by atoms with Crippen molar-refractivity contribution in [1.29, 1.82) is 0 Å². The summed E-state index contributed by atoms with van der Waals surface area (Å²) in [6.45, 7) is 5.26. The number of ether oxygens (including phenoxy) is 1. The van der Waals surface area contributed by atoms with Crippen molar-refractivity contribution in [2.45, 2.75) is 69.2 Å². The first-order valence-electron chi connectivity index (χ1n) is 12.3. The van der Waals surface area contributed by atoms with Crippen molar-refractivity contribution in [3.05, 3.63) is 63.8 Å². The molecule has 0 unspecified atom stereocenters. The molecule has 1 aromatic heterocycles. The van der Waals surface area contributed by atoms with Crippen molar-refractivity contribution in [2.24, 2.45) is 0 Å². The van der Waals surface area contributed by atoms with Crippen LogP contribution in [0.15, 0.2) is 53.6 Å². The Kier molecular flexibility index (Phi) is 8.14. The first-order valence-corrected chi connectivity index (χ1v) is 14.6. The minimum Gasteiger partial charge on any atom is -0.410 e. The maximum atomic E-state index is 13.4. The van der Waals surface area contributed by atoms with Crippen LogP contribution in [0.25, 0.3) is 10.4 Å². The van der Waals surface area contributed by atoms with Crippen LogP contribution >= 0.6 is 11.3 Å². The Balaban J connectivity index is 1.61. The van der Waals surface area contributed by atoms with E-state index in [9.17, 15) is 23.3 Å². The van der Waals surface area contributed by atoms with Crippen LogP contribution < -0.4 is 14.8 Å². The molecule has 2 aromatic carbocycles. The van der Waals surface area contributed by atoms with Crippen molar-refractivity contribution in [1.82, 2.24) is 9.71 Å². The molecule has 1 aliphatic carbocycles. The zero-order valence-corrected chi connectivity index (χ0v) is 23.0. The highest BCUT2D eigenvalue weighted by Gasteiger charge is 2.27. The Morgan fingerprint density at radius 2 is 1.79 bits per heavy atom. The average Bonchev–Trinajstić information content (AvgIpc) is 3.34. The lowest BCUT2D eigenvalue weighted by molar-refractivity contribution is -0.384. The fraction of sp³-hybridized carbons (Fsp3) is 0.385. The number of nitro groups is 1. The van der Waals surface area contributed by atoms with Gasteiger partial charge in [0.2, 0.25) is 10.0 Å². The molecule has 0 bridgehead atoms. The van der Waals surface area contributed by atoms with E-state index in [-0.39, 0.29) is 22.0 Å². The van der Waals surface area contributed by atoms with Crippen LogP contribution in [0.2, 0.25) is 0 Å². The van der Waals surface area contributed by atoms with Crippen molar-refractivity contribution < 1.29 is 22.9 Å². The number of anilines is 1. The van der Waals surface area contributed by atoms with E-state index in [4.69, 9.17) is 4.74 Å². The monoisotopic (exact) mass is 558 g/mol. The molecular weight excluding hydrogens is 528 g/mol. The minimum atomic E-state index is -3.97. The van der Waals surface area contributed by atoms with Crippen LogP contribution in [0.4, 0.5) is 16.2 Å². The number of carbonyl (C=O) groups is 1. The lowest BCUT2D eigenvalue weighted by Crippen LogP contribution is -2.40. The van der Waals surface area contributed by atoms with Crippen LogP contribution in [0.3, 0.4) is 0 Å². The number of nitrogens with one attached hydrogen (secondary N) is 2. The molecule has 1 saturated carbocycles. The van der Waals surface area contributed by atoms with Gasteiger partial charge in [-0.3, -0.25) is 15.4 Å². The predicted molar refractivity (Wildman–Crippen MR) is 146 cm³/mol. The number of hydrogen-bond donors (Lipinski definition) is 2. The topological polar surface area (TPSA) is 141 Å². The van der Waals surface area contributed by atoms with Gasteiger partial charge in [0.15, 0.2) is 0 Å². The maximum Gasteiger partial charge on any atom is 0.417 e. The zero-order valence-electron chi connectivity index (χ0n) is 21.4. The number of nitro benzene ring substituents is 1. The predicted octanol–water partition coefficient (Wildman–Crippen LogP) is 6.45. The molecular formula is C26H30N4O6S2. The summed E-state index contributed by atoms with van der Waals surface area (Å²) in [5.74, 6) is 0.497. The maximum absolute atomic E-state index is 13.4. The highest BCUT2D eigenvalue weighted by Crippen LogP contribution is 2.40. The molecule has 10 nitrogen and oxygen atoms in total. The van der Waals surface area contributed by atoms with Gasteiger partial charge in [-0.2, -0.15) is 0 Å². The number of carbonyl (C=O) groups excluding carboxylic acids is 1. The number of thiazole rings is 1. The van der Waals surface area contributed by atoms with Gasteiger partial charge in [-0.15, -0.1) is 11.3 Å². The number of hydrogen-bond acceptors (Lipinski definition) is 8. The van der Waals surface area contributed by atoms with E-state index in [1.54, 1.807) is 39.1 Å². The Morgan fingerprint density at radius 3 is 2.42 bits per heavy atom. The molecule has 2 N–H and O–H groups in total. The van der Waals surface area contributed by atoms with Gasteiger partial charge < -0.3 is 4.74 Å². The number of rotatable bonds is 7. The van der Waals surface area contributed by atoms with Crippen molar-refractivity contribution in [3.63, 3.8) is 0 Å². The molecule has 202 valence electrons. The van der Waals surface area contributed by atoms with Gasteiger partial charge in [-0.1, -0.05) is 25.3 Å². The lowest BCUT2D eigenvalue weighted by atomic mass is 9.90. The summed E-state index contributed by atoms with van der Waals surface area (Å²) >= 11 is 1.50. The third kappa shape index (κ3) is 6.94. The number of nitrogens with zero attached hydrogens (tertiary/aromatic N) is 2. The molecule has 1 amide bonds. The fourth-order valence-electron chi connectivity index (χ4n) is 4.32. The Labute approximate surface area is 225 Å². The van der Waals surface area contributed by atoms with E-state index in [2.05, 4.69) is 15.0 Å². The molecule has 0 aliphatic heterocycles. The van der Waals surface area contributed by atoms with E-state index >= 15 is 0 Å². The molecule has 1 aliphatic rings. The fourth-order valence-corrected chi connectivity index (χ4v) is 7.18. The van der Waals surface area contributed by atoms with Crippen molar-refractivity contribution in [3.8, 4) is 16.2 Å². The zero-order chi connectivity index (χ0) is 27.5. The first kappa shape index (κ1) is 27.7. The minimum absolute atomic E-state index is 0.0133. The summed E-state index contributed by atoms with van der Waals surface area (Å²) in [5, 5.41) is 14.4. The van der Waals surface area contributed by atoms with Gasteiger partial charge in [0.1, 0.15) is 5.75 Å². The molecule has 12 heteroatoms. The van der Waals surface area contributed by atoms with E-state index in [1.807, 2.05) is 0 Å². The Bertz CT molecular complexity index is 1420. The lowest BCUT2D eigenvalue weighted by Gasteiger charge is -2.22. The smallest absolute Gasteiger partial charge is 0.410 e. The molecule has 0 atom stereocenters. The second kappa shape index (κ2) is 11.2. The highest BCUT2D eigenvalue weighted by molar-refractivity contribution is 7.89. The molecule has 0 radical (unpaired) electrons. The molecule has 0 saturated heterocycles. The summed E-state index contributed by atoms with van der Waals surface area (Å²) in [6, 6.07) is 9.68. The van der Waals surface area contributed by atoms with Crippen LogP contribution in [-0.4, -0.2) is 30.0 Å². The van der Waals surface area contributed by atoms with Gasteiger partial charge in [-0.25, -0.2) is 22.9 Å². The van der Waals surface area contributed by atoms with E-state index in [0.29, 0.717) is 11.5 Å². The third-order valence-electron chi connectivity index (χ3n) is 5.96. The second-order valence-electron chi connectivity index (χ2n) is 10.2. The van der Waals surface area contributed by atoms with Crippen molar-refractivity contribution >= 4 is 38.8 Å². The van der Waals surface area contributed by atoms with Gasteiger partial charge in [0.05, 0.1) is 19.7 Å². The first-order chi connectivity index (χ1) is 17.9. The normalized spacial score (nSPS) is 14.7. The highest BCUT2D eigenvalue weighted by atomic mass is 32.2. The molecule has 1 heterocycles. The standard InChI is InChI=1S/C26H30N4O6S2/c1-26(2,3)29-38(34,35)23-15-18(28-25(31)36-20-12-10-19(11-13-20)30(32)33)9-14-21(23)22-16-27-24(37-22)17-7-5-4-6-8-17/h9-17,29H,4-8H2,1-3H3,(H,28,31). The average molecular weight is 559 g/mol. The van der Waals surface area contributed by atoms with E-state index in [1.165, 1.54) is 60.9 Å². The van der Waals surface area contributed by atoms with Gasteiger partial charge in [0, 0.05) is 41.0 Å². The summed E-state index contributed by atoms with van der Waals surface area (Å²) in [6.07, 6.45) is 6.60. The molecule has 3 aromatic rings. The second-order valence-corrected chi connectivity index (χ2v) is 12.9. The van der Waals surface area contributed by atoms with Crippen LogP contribution in [0.1, 0.15) is 63.8 Å². The van der Waals surface area contributed by atoms with Crippen LogP contribution in [0, 0.1) is 10.1 Å². The summed E-state index contributed by atoms with van der Waals surface area (Å²) in [7, 11) is -3.97. The van der Waals surface area contributed by atoms with E-state index in [0.717, 1.165) is 22.7 Å². The van der Waals surface area contributed by atoms with Gasteiger partial charge in [-0.05, 0) is 57.9 Å². The van der Waals surface area contributed by atoms with E-state index < -0.39 is 26.6 Å². The number of benzene rings is 2. The summed E-state index contributed by atoms with van der Waals surface area (Å²) in [5.41, 5.74) is -0.151. The molecule has 4 rings (SSSR count). The number of non-ortho nitro benzene ring substituents is 1. The number of sulfonamides is 1. The Morgan fingerprint density at radius 1 is 1.11 bits per heavy atom. The number of aromatic nitrogens is 1. The van der Waals surface area contributed by atoms with Crippen molar-refractivity contribution in [2.75, 3.05) is 5.32 Å². The van der Waals surface area contributed by atoms with Crippen LogP contribution in [-0.2, 0) is 10.0 Å². The molecule has 1 fully saturated rings. The third-order valence-corrected chi connectivity index (χ3v) is 8.95. The molecule has 0 spiro atoms.